The number of ether oxygens (including phenoxy) is 2. The summed E-state index contributed by atoms with van der Waals surface area (Å²) in [6, 6.07) is 0. The molecule has 0 rings (SSSR count). The van der Waals surface area contributed by atoms with Crippen LogP contribution >= 0.6 is 7.60 Å². The van der Waals surface area contributed by atoms with E-state index in [0.717, 1.165) is 6.92 Å². The Morgan fingerprint density at radius 2 is 1.65 bits per heavy atom. The third-order valence-corrected chi connectivity index (χ3v) is 4.30. The summed E-state index contributed by atoms with van der Waals surface area (Å²) in [4.78, 5) is 37.8. The molecule has 20 heavy (non-hydrogen) atoms. The average molecular weight is 312 g/mol. The molecule has 0 amide bonds. The molecule has 0 saturated heterocycles. The molecule has 0 aliphatic carbocycles. The summed E-state index contributed by atoms with van der Waals surface area (Å²) in [5, 5.41) is -2.09. The van der Waals surface area contributed by atoms with Gasteiger partial charge in [0.05, 0.1) is 26.2 Å². The van der Waals surface area contributed by atoms with Gasteiger partial charge in [0.15, 0.2) is 5.16 Å². The highest BCUT2D eigenvalue weighted by atomic mass is 31.2. The van der Waals surface area contributed by atoms with Gasteiger partial charge < -0.3 is 14.4 Å². The van der Waals surface area contributed by atoms with Crippen molar-refractivity contribution in [3.05, 3.63) is 0 Å². The maximum absolute atomic E-state index is 12.2. The highest BCUT2D eigenvalue weighted by Crippen LogP contribution is 2.57. The number of hydrogen-bond donors (Lipinski definition) is 1. The normalized spacial score (nSPS) is 16.9. The molecule has 0 aliphatic heterocycles. The second kappa shape index (κ2) is 8.36. The quantitative estimate of drug-likeness (QED) is 0.295. The Labute approximate surface area is 117 Å². The van der Waals surface area contributed by atoms with Crippen molar-refractivity contribution in [2.45, 2.75) is 39.3 Å². The SMILES string of the molecule is CCOOP(=O)(O)C(C)(CC(=O)OCC)C(=O)OCC. The minimum atomic E-state index is -4.59. The number of carbonyl (C=O) groups excluding carboxylic acids is 2. The number of rotatable bonds is 9. The topological polar surface area (TPSA) is 108 Å². The van der Waals surface area contributed by atoms with E-state index in [1.807, 2.05) is 0 Å². The van der Waals surface area contributed by atoms with Crippen molar-refractivity contribution in [3.8, 4) is 0 Å². The third-order valence-electron chi connectivity index (χ3n) is 2.40. The first kappa shape index (κ1) is 19.1. The van der Waals surface area contributed by atoms with Crippen molar-refractivity contribution in [1.82, 2.24) is 0 Å². The second-order valence-corrected chi connectivity index (χ2v) is 6.15. The lowest BCUT2D eigenvalue weighted by Gasteiger charge is -2.28. The lowest BCUT2D eigenvalue weighted by Crippen LogP contribution is -2.40. The van der Waals surface area contributed by atoms with Crippen molar-refractivity contribution in [3.63, 3.8) is 0 Å². The van der Waals surface area contributed by atoms with Crippen LogP contribution in [0.15, 0.2) is 0 Å². The molecular weight excluding hydrogens is 291 g/mol. The molecule has 0 bridgehead atoms. The van der Waals surface area contributed by atoms with Crippen molar-refractivity contribution >= 4 is 19.5 Å². The number of hydrogen-bond acceptors (Lipinski definition) is 7. The van der Waals surface area contributed by atoms with Gasteiger partial charge in [-0.3, -0.25) is 14.2 Å². The molecule has 0 aromatic heterocycles. The van der Waals surface area contributed by atoms with Crippen LogP contribution in [0.4, 0.5) is 0 Å². The molecule has 2 atom stereocenters. The Balaban J connectivity index is 5.28. The van der Waals surface area contributed by atoms with Crippen LogP contribution in [0.2, 0.25) is 0 Å². The van der Waals surface area contributed by atoms with Gasteiger partial charge in [-0.1, -0.05) is 0 Å². The first-order valence-corrected chi connectivity index (χ1v) is 7.79. The van der Waals surface area contributed by atoms with Gasteiger partial charge >= 0.3 is 19.5 Å². The van der Waals surface area contributed by atoms with Crippen LogP contribution in [0.5, 0.6) is 0 Å². The van der Waals surface area contributed by atoms with Crippen LogP contribution in [-0.2, 0) is 33.2 Å². The molecule has 0 heterocycles. The first-order chi connectivity index (χ1) is 9.25. The predicted octanol–water partition coefficient (Wildman–Crippen LogP) is 1.41. The second-order valence-electron chi connectivity index (χ2n) is 3.98. The summed E-state index contributed by atoms with van der Waals surface area (Å²) in [7, 11) is -4.59. The van der Waals surface area contributed by atoms with Crippen LogP contribution in [0, 0.1) is 0 Å². The standard InChI is InChI=1S/C11H21O8P/c1-5-16-9(12)8-11(4,10(13)17-6-2)20(14,15)19-18-7-3/h5-8H2,1-4H3,(H,14,15). The summed E-state index contributed by atoms with van der Waals surface area (Å²) in [5.74, 6) is -1.84. The first-order valence-electron chi connectivity index (χ1n) is 6.22. The summed E-state index contributed by atoms with van der Waals surface area (Å²) in [6.45, 7) is 5.83. The molecule has 0 saturated carbocycles. The Bertz CT molecular complexity index is 383. The van der Waals surface area contributed by atoms with E-state index >= 15 is 0 Å². The van der Waals surface area contributed by atoms with E-state index in [4.69, 9.17) is 9.47 Å². The van der Waals surface area contributed by atoms with E-state index in [2.05, 4.69) is 9.56 Å². The van der Waals surface area contributed by atoms with E-state index in [0.29, 0.717) is 0 Å². The smallest absolute Gasteiger partial charge is 0.372 e. The Morgan fingerprint density at radius 1 is 1.10 bits per heavy atom. The number of esters is 2. The molecule has 0 aromatic carbocycles. The van der Waals surface area contributed by atoms with E-state index < -0.39 is 31.1 Å². The molecule has 1 N–H and O–H groups in total. The average Bonchev–Trinajstić information content (AvgIpc) is 2.36. The zero-order valence-corrected chi connectivity index (χ0v) is 13.0. The monoisotopic (exact) mass is 312 g/mol. The van der Waals surface area contributed by atoms with Gasteiger partial charge in [-0.05, 0) is 27.7 Å². The molecule has 0 aromatic rings. The zero-order chi connectivity index (χ0) is 15.8. The highest BCUT2D eigenvalue weighted by Gasteiger charge is 2.55. The molecule has 9 heteroatoms. The summed E-state index contributed by atoms with van der Waals surface area (Å²) >= 11 is 0. The molecular formula is C11H21O8P. The van der Waals surface area contributed by atoms with Crippen molar-refractivity contribution in [2.75, 3.05) is 19.8 Å². The fraction of sp³-hybridized carbons (Fsp3) is 0.818. The van der Waals surface area contributed by atoms with Gasteiger partial charge in [0.1, 0.15) is 0 Å². The lowest BCUT2D eigenvalue weighted by molar-refractivity contribution is -0.212. The summed E-state index contributed by atoms with van der Waals surface area (Å²) in [6.07, 6.45) is -0.652. The van der Waals surface area contributed by atoms with Crippen molar-refractivity contribution in [1.29, 1.82) is 0 Å². The molecule has 118 valence electrons. The minimum Gasteiger partial charge on any atom is -0.466 e. The largest absolute Gasteiger partial charge is 0.466 e. The van der Waals surface area contributed by atoms with Crippen LogP contribution in [-0.4, -0.2) is 41.8 Å². The van der Waals surface area contributed by atoms with Gasteiger partial charge in [0, 0.05) is 0 Å². The third kappa shape index (κ3) is 4.86. The maximum atomic E-state index is 12.2. The maximum Gasteiger partial charge on any atom is 0.372 e. The van der Waals surface area contributed by atoms with Crippen LogP contribution in [0.3, 0.4) is 0 Å². The summed E-state index contributed by atoms with van der Waals surface area (Å²) < 4.78 is 26.0. The lowest BCUT2D eigenvalue weighted by atomic mass is 10.1. The molecule has 0 aliphatic rings. The minimum absolute atomic E-state index is 0.00284. The van der Waals surface area contributed by atoms with Crippen LogP contribution in [0.1, 0.15) is 34.1 Å². The van der Waals surface area contributed by atoms with E-state index in [9.17, 15) is 19.0 Å². The van der Waals surface area contributed by atoms with Gasteiger partial charge in [-0.2, -0.15) is 0 Å². The van der Waals surface area contributed by atoms with E-state index in [1.165, 1.54) is 13.8 Å². The summed E-state index contributed by atoms with van der Waals surface area (Å²) in [5.41, 5.74) is 0. The Kier molecular flexibility index (Phi) is 7.96. The molecule has 0 fully saturated rings. The number of carbonyl (C=O) groups is 2. The highest BCUT2D eigenvalue weighted by molar-refractivity contribution is 7.55. The predicted molar refractivity (Wildman–Crippen MR) is 68.8 cm³/mol. The fourth-order valence-electron chi connectivity index (χ4n) is 1.27. The molecule has 0 radical (unpaired) electrons. The van der Waals surface area contributed by atoms with Crippen molar-refractivity contribution < 1.29 is 38.1 Å². The van der Waals surface area contributed by atoms with Gasteiger partial charge in [0.25, 0.3) is 0 Å². The Morgan fingerprint density at radius 3 is 2.10 bits per heavy atom. The van der Waals surface area contributed by atoms with E-state index in [-0.39, 0.29) is 19.8 Å². The zero-order valence-electron chi connectivity index (χ0n) is 12.1. The van der Waals surface area contributed by atoms with E-state index in [1.54, 1.807) is 6.92 Å². The van der Waals surface area contributed by atoms with Crippen LogP contribution < -0.4 is 0 Å². The van der Waals surface area contributed by atoms with Crippen molar-refractivity contribution in [2.24, 2.45) is 0 Å². The molecule has 2 unspecified atom stereocenters. The van der Waals surface area contributed by atoms with Gasteiger partial charge in [-0.15, -0.1) is 4.67 Å². The molecule has 0 spiro atoms. The van der Waals surface area contributed by atoms with Gasteiger partial charge in [-0.25, -0.2) is 4.89 Å². The van der Waals surface area contributed by atoms with Gasteiger partial charge in [0.2, 0.25) is 0 Å². The van der Waals surface area contributed by atoms with Crippen LogP contribution in [0.25, 0.3) is 0 Å². The fourth-order valence-corrected chi connectivity index (χ4v) is 2.31. The molecule has 8 nitrogen and oxygen atoms in total. The Hall–Kier alpha value is -0.950.